The molecule has 1 aromatic rings. The predicted octanol–water partition coefficient (Wildman–Crippen LogP) is 1.13. The number of aliphatic hydroxyl groups is 1. The lowest BCUT2D eigenvalue weighted by Gasteiger charge is -2.01. The molecule has 0 aliphatic rings. The highest BCUT2D eigenvalue weighted by atomic mass is 32.2. The van der Waals surface area contributed by atoms with E-state index in [1.54, 1.807) is 24.2 Å². The quantitative estimate of drug-likeness (QED) is 0.694. The molecular formula is C9H15N3OS. The fourth-order valence-corrected chi connectivity index (χ4v) is 1.74. The summed E-state index contributed by atoms with van der Waals surface area (Å²) in [5.41, 5.74) is 0.979. The highest BCUT2D eigenvalue weighted by Crippen LogP contribution is 2.10. The number of rotatable bonds is 6. The molecule has 14 heavy (non-hydrogen) atoms. The minimum atomic E-state index is 0.261. The van der Waals surface area contributed by atoms with Gasteiger partial charge in [-0.15, -0.1) is 0 Å². The summed E-state index contributed by atoms with van der Waals surface area (Å²) in [5.74, 6) is 2.61. The van der Waals surface area contributed by atoms with E-state index in [4.69, 9.17) is 5.11 Å². The first-order valence-electron chi connectivity index (χ1n) is 4.54. The third-order valence-electron chi connectivity index (χ3n) is 1.66. The standard InChI is InChI=1S/C9H15N3OS/c1-10-9-6-11-8(5-12-9)7-14-4-2-3-13/h5-6,13H,2-4,7H2,1H3,(H,10,12). The first kappa shape index (κ1) is 11.3. The Morgan fingerprint density at radius 3 is 2.86 bits per heavy atom. The van der Waals surface area contributed by atoms with Crippen molar-refractivity contribution in [1.82, 2.24) is 9.97 Å². The first-order chi connectivity index (χ1) is 6.86. The second-order valence-corrected chi connectivity index (χ2v) is 3.88. The van der Waals surface area contributed by atoms with E-state index in [-0.39, 0.29) is 6.61 Å². The summed E-state index contributed by atoms with van der Waals surface area (Å²) in [6.45, 7) is 0.261. The molecule has 0 radical (unpaired) electrons. The second kappa shape index (κ2) is 6.62. The van der Waals surface area contributed by atoms with Crippen molar-refractivity contribution < 1.29 is 5.11 Å². The molecule has 1 rings (SSSR count). The van der Waals surface area contributed by atoms with Gasteiger partial charge >= 0.3 is 0 Å². The van der Waals surface area contributed by atoms with E-state index < -0.39 is 0 Å². The van der Waals surface area contributed by atoms with Gasteiger partial charge in [0.2, 0.25) is 0 Å². The smallest absolute Gasteiger partial charge is 0.144 e. The maximum absolute atomic E-state index is 8.58. The van der Waals surface area contributed by atoms with Crippen LogP contribution in [0.4, 0.5) is 5.82 Å². The minimum Gasteiger partial charge on any atom is -0.396 e. The van der Waals surface area contributed by atoms with E-state index in [0.29, 0.717) is 0 Å². The molecule has 0 saturated heterocycles. The van der Waals surface area contributed by atoms with Crippen LogP contribution in [0.1, 0.15) is 12.1 Å². The molecule has 0 atom stereocenters. The highest BCUT2D eigenvalue weighted by Gasteiger charge is 1.96. The Hall–Kier alpha value is -0.810. The Kier molecular flexibility index (Phi) is 5.32. The maximum atomic E-state index is 8.58. The summed E-state index contributed by atoms with van der Waals surface area (Å²) in [7, 11) is 1.82. The molecule has 0 amide bonds. The molecule has 0 aromatic carbocycles. The Morgan fingerprint density at radius 2 is 2.29 bits per heavy atom. The van der Waals surface area contributed by atoms with Crippen molar-refractivity contribution in [2.24, 2.45) is 0 Å². The largest absolute Gasteiger partial charge is 0.396 e. The number of thioether (sulfide) groups is 1. The summed E-state index contributed by atoms with van der Waals surface area (Å²) in [4.78, 5) is 8.40. The van der Waals surface area contributed by atoms with Gasteiger partial charge in [-0.05, 0) is 12.2 Å². The van der Waals surface area contributed by atoms with Crippen LogP contribution in [-0.2, 0) is 5.75 Å². The molecule has 0 aliphatic carbocycles. The molecule has 1 aromatic heterocycles. The lowest BCUT2D eigenvalue weighted by Crippen LogP contribution is -1.96. The van der Waals surface area contributed by atoms with E-state index in [0.717, 1.165) is 29.4 Å². The number of aliphatic hydroxyl groups excluding tert-OH is 1. The molecule has 0 fully saturated rings. The van der Waals surface area contributed by atoms with E-state index in [1.807, 2.05) is 7.05 Å². The average Bonchev–Trinajstić information content (AvgIpc) is 2.25. The van der Waals surface area contributed by atoms with Crippen LogP contribution in [0.15, 0.2) is 12.4 Å². The van der Waals surface area contributed by atoms with Crippen LogP contribution in [0.2, 0.25) is 0 Å². The number of aromatic nitrogens is 2. The fraction of sp³-hybridized carbons (Fsp3) is 0.556. The molecular weight excluding hydrogens is 198 g/mol. The van der Waals surface area contributed by atoms with Gasteiger partial charge in [0.15, 0.2) is 0 Å². The van der Waals surface area contributed by atoms with E-state index in [9.17, 15) is 0 Å². The van der Waals surface area contributed by atoms with Gasteiger partial charge in [0.05, 0.1) is 18.1 Å². The van der Waals surface area contributed by atoms with Crippen molar-refractivity contribution in [3.8, 4) is 0 Å². The number of hydrogen-bond donors (Lipinski definition) is 2. The van der Waals surface area contributed by atoms with E-state index >= 15 is 0 Å². The van der Waals surface area contributed by atoms with Crippen LogP contribution in [-0.4, -0.2) is 34.5 Å². The first-order valence-corrected chi connectivity index (χ1v) is 5.69. The Morgan fingerprint density at radius 1 is 1.43 bits per heavy atom. The van der Waals surface area contributed by atoms with E-state index in [2.05, 4.69) is 15.3 Å². The molecule has 0 aliphatic heterocycles. The van der Waals surface area contributed by atoms with Gasteiger partial charge in [0.25, 0.3) is 0 Å². The average molecular weight is 213 g/mol. The Balaban J connectivity index is 2.29. The van der Waals surface area contributed by atoms with Crippen LogP contribution < -0.4 is 5.32 Å². The zero-order valence-corrected chi connectivity index (χ0v) is 9.05. The summed E-state index contributed by atoms with van der Waals surface area (Å²) >= 11 is 1.76. The molecule has 0 unspecified atom stereocenters. The summed E-state index contributed by atoms with van der Waals surface area (Å²) in [5, 5.41) is 11.5. The molecule has 4 nitrogen and oxygen atoms in total. The van der Waals surface area contributed by atoms with Crippen LogP contribution in [0.25, 0.3) is 0 Å². The van der Waals surface area contributed by atoms with Gasteiger partial charge in [0.1, 0.15) is 5.82 Å². The van der Waals surface area contributed by atoms with Gasteiger partial charge in [0, 0.05) is 19.4 Å². The molecule has 78 valence electrons. The monoisotopic (exact) mass is 213 g/mol. The Bertz CT molecular complexity index is 253. The molecule has 5 heteroatoms. The number of anilines is 1. The SMILES string of the molecule is CNc1cnc(CSCCCO)cn1. The van der Waals surface area contributed by atoms with Crippen molar-refractivity contribution in [1.29, 1.82) is 0 Å². The molecule has 2 N–H and O–H groups in total. The minimum absolute atomic E-state index is 0.261. The molecule has 0 bridgehead atoms. The lowest BCUT2D eigenvalue weighted by molar-refractivity contribution is 0.296. The summed E-state index contributed by atoms with van der Waals surface area (Å²) in [6, 6.07) is 0. The lowest BCUT2D eigenvalue weighted by atomic mass is 10.5. The second-order valence-electron chi connectivity index (χ2n) is 2.77. The van der Waals surface area contributed by atoms with Crippen molar-refractivity contribution in [2.45, 2.75) is 12.2 Å². The summed E-state index contributed by atoms with van der Waals surface area (Å²) < 4.78 is 0. The molecule has 0 spiro atoms. The van der Waals surface area contributed by atoms with Crippen LogP contribution in [0.5, 0.6) is 0 Å². The topological polar surface area (TPSA) is 58.0 Å². The maximum Gasteiger partial charge on any atom is 0.144 e. The normalized spacial score (nSPS) is 10.1. The zero-order valence-electron chi connectivity index (χ0n) is 8.23. The third kappa shape index (κ3) is 3.93. The van der Waals surface area contributed by atoms with Crippen molar-refractivity contribution in [2.75, 3.05) is 24.7 Å². The summed E-state index contributed by atoms with van der Waals surface area (Å²) in [6.07, 6.45) is 4.34. The van der Waals surface area contributed by atoms with Crippen LogP contribution in [0.3, 0.4) is 0 Å². The van der Waals surface area contributed by atoms with Gasteiger partial charge in [-0.25, -0.2) is 4.98 Å². The third-order valence-corrected chi connectivity index (χ3v) is 2.74. The van der Waals surface area contributed by atoms with Gasteiger partial charge in [-0.3, -0.25) is 4.98 Å². The number of nitrogens with zero attached hydrogens (tertiary/aromatic N) is 2. The predicted molar refractivity (Wildman–Crippen MR) is 59.4 cm³/mol. The van der Waals surface area contributed by atoms with Gasteiger partial charge in [-0.2, -0.15) is 11.8 Å². The highest BCUT2D eigenvalue weighted by molar-refractivity contribution is 7.98. The molecule has 1 heterocycles. The number of hydrogen-bond acceptors (Lipinski definition) is 5. The van der Waals surface area contributed by atoms with Crippen LogP contribution in [0, 0.1) is 0 Å². The molecule has 0 saturated carbocycles. The zero-order chi connectivity index (χ0) is 10.2. The Labute approximate surface area is 88.2 Å². The van der Waals surface area contributed by atoms with Gasteiger partial charge < -0.3 is 10.4 Å². The van der Waals surface area contributed by atoms with Gasteiger partial charge in [-0.1, -0.05) is 0 Å². The fourth-order valence-electron chi connectivity index (χ4n) is 0.902. The van der Waals surface area contributed by atoms with E-state index in [1.165, 1.54) is 0 Å². The van der Waals surface area contributed by atoms with Crippen molar-refractivity contribution in [3.05, 3.63) is 18.1 Å². The van der Waals surface area contributed by atoms with Crippen molar-refractivity contribution in [3.63, 3.8) is 0 Å². The van der Waals surface area contributed by atoms with Crippen LogP contribution >= 0.6 is 11.8 Å². The number of nitrogens with one attached hydrogen (secondary N) is 1. The van der Waals surface area contributed by atoms with Crippen molar-refractivity contribution >= 4 is 17.6 Å².